The molecule has 1 amide bonds. The molecule has 1 saturated heterocycles. The van der Waals surface area contributed by atoms with Crippen LogP contribution >= 0.6 is 0 Å². The lowest BCUT2D eigenvalue weighted by atomic mass is 9.92. The standard InChI is InChI=1S/C26H25N5O/c32-26(22-8-4-10-24(17-22)31-18-27-28-19-31)30-14-12-21(13-15-30)25-11-5-9-23(29-25)16-20-6-2-1-3-7-20/h1-11,17-19,21H,12-16H2. The van der Waals surface area contributed by atoms with E-state index < -0.39 is 0 Å². The highest BCUT2D eigenvalue weighted by molar-refractivity contribution is 5.94. The van der Waals surface area contributed by atoms with Crippen molar-refractivity contribution in [3.8, 4) is 5.69 Å². The highest BCUT2D eigenvalue weighted by Crippen LogP contribution is 2.28. The first-order valence-corrected chi connectivity index (χ1v) is 11.0. The first-order valence-electron chi connectivity index (χ1n) is 11.0. The Hall–Kier alpha value is -3.80. The van der Waals surface area contributed by atoms with Gasteiger partial charge in [0.25, 0.3) is 5.91 Å². The van der Waals surface area contributed by atoms with E-state index >= 15 is 0 Å². The molecule has 0 saturated carbocycles. The van der Waals surface area contributed by atoms with E-state index in [1.807, 2.05) is 35.2 Å². The average Bonchev–Trinajstić information content (AvgIpc) is 3.40. The number of benzene rings is 2. The lowest BCUT2D eigenvalue weighted by molar-refractivity contribution is 0.0712. The summed E-state index contributed by atoms with van der Waals surface area (Å²) in [5, 5.41) is 7.68. The molecule has 0 atom stereocenters. The van der Waals surface area contributed by atoms with Gasteiger partial charge in [0.15, 0.2) is 0 Å². The molecular weight excluding hydrogens is 398 g/mol. The van der Waals surface area contributed by atoms with Gasteiger partial charge in [-0.1, -0.05) is 42.5 Å². The van der Waals surface area contributed by atoms with Gasteiger partial charge in [-0.15, -0.1) is 10.2 Å². The number of rotatable bonds is 5. The van der Waals surface area contributed by atoms with Crippen molar-refractivity contribution in [3.05, 3.63) is 108 Å². The summed E-state index contributed by atoms with van der Waals surface area (Å²) in [6, 6.07) is 24.4. The minimum absolute atomic E-state index is 0.0733. The number of hydrogen-bond donors (Lipinski definition) is 0. The Balaban J connectivity index is 1.23. The molecule has 1 fully saturated rings. The average molecular weight is 424 g/mol. The van der Waals surface area contributed by atoms with Gasteiger partial charge >= 0.3 is 0 Å². The van der Waals surface area contributed by atoms with Crippen molar-refractivity contribution in [3.63, 3.8) is 0 Å². The molecule has 4 aromatic rings. The normalized spacial score (nSPS) is 14.4. The van der Waals surface area contributed by atoms with E-state index in [4.69, 9.17) is 4.98 Å². The fourth-order valence-electron chi connectivity index (χ4n) is 4.32. The van der Waals surface area contributed by atoms with Crippen LogP contribution in [0.4, 0.5) is 0 Å². The summed E-state index contributed by atoms with van der Waals surface area (Å²) in [6.45, 7) is 1.48. The van der Waals surface area contributed by atoms with Crippen molar-refractivity contribution in [2.45, 2.75) is 25.2 Å². The Morgan fingerprint density at radius 2 is 1.62 bits per heavy atom. The van der Waals surface area contributed by atoms with E-state index in [9.17, 15) is 4.79 Å². The predicted octanol–water partition coefficient (Wildman–Crippen LogP) is 4.27. The summed E-state index contributed by atoms with van der Waals surface area (Å²) in [6.07, 6.45) is 5.97. The van der Waals surface area contributed by atoms with E-state index in [0.29, 0.717) is 11.5 Å². The Morgan fingerprint density at radius 1 is 0.875 bits per heavy atom. The highest BCUT2D eigenvalue weighted by Gasteiger charge is 2.25. The number of pyridine rings is 1. The largest absolute Gasteiger partial charge is 0.339 e. The molecule has 0 radical (unpaired) electrons. The number of hydrogen-bond acceptors (Lipinski definition) is 4. The highest BCUT2D eigenvalue weighted by atomic mass is 16.2. The fraction of sp³-hybridized carbons (Fsp3) is 0.231. The molecule has 1 aliphatic heterocycles. The third-order valence-electron chi connectivity index (χ3n) is 6.07. The molecule has 5 rings (SSSR count). The number of carbonyl (C=O) groups excluding carboxylic acids is 1. The van der Waals surface area contributed by atoms with Crippen LogP contribution in [0, 0.1) is 0 Å². The van der Waals surface area contributed by atoms with Crippen molar-refractivity contribution >= 4 is 5.91 Å². The van der Waals surface area contributed by atoms with E-state index in [0.717, 1.165) is 49.4 Å². The summed E-state index contributed by atoms with van der Waals surface area (Å²) < 4.78 is 1.80. The van der Waals surface area contributed by atoms with Gasteiger partial charge in [-0.05, 0) is 48.7 Å². The zero-order chi connectivity index (χ0) is 21.8. The number of nitrogens with zero attached hydrogens (tertiary/aromatic N) is 5. The van der Waals surface area contributed by atoms with E-state index in [2.05, 4.69) is 52.7 Å². The summed E-state index contributed by atoms with van der Waals surface area (Å²) in [5.74, 6) is 0.460. The zero-order valence-corrected chi connectivity index (χ0v) is 17.8. The van der Waals surface area contributed by atoms with E-state index in [-0.39, 0.29) is 5.91 Å². The number of aromatic nitrogens is 4. The van der Waals surface area contributed by atoms with Gasteiger partial charge in [-0.25, -0.2) is 0 Å². The zero-order valence-electron chi connectivity index (χ0n) is 17.8. The minimum Gasteiger partial charge on any atom is -0.339 e. The van der Waals surface area contributed by atoms with Crippen molar-refractivity contribution in [2.24, 2.45) is 0 Å². The molecule has 32 heavy (non-hydrogen) atoms. The Bertz CT molecular complexity index is 1180. The molecule has 0 unspecified atom stereocenters. The predicted molar refractivity (Wildman–Crippen MR) is 123 cm³/mol. The fourth-order valence-corrected chi connectivity index (χ4v) is 4.32. The Morgan fingerprint density at radius 3 is 2.41 bits per heavy atom. The van der Waals surface area contributed by atoms with Crippen LogP contribution in [-0.2, 0) is 6.42 Å². The van der Waals surface area contributed by atoms with Crippen LogP contribution in [0.15, 0.2) is 85.5 Å². The van der Waals surface area contributed by atoms with E-state index in [1.165, 1.54) is 5.56 Å². The molecule has 0 bridgehead atoms. The van der Waals surface area contributed by atoms with Gasteiger partial charge in [0.05, 0.1) is 0 Å². The van der Waals surface area contributed by atoms with Gasteiger partial charge in [0.1, 0.15) is 12.7 Å². The van der Waals surface area contributed by atoms with Gasteiger partial charge in [0, 0.05) is 48.1 Å². The molecule has 0 spiro atoms. The summed E-state index contributed by atoms with van der Waals surface area (Å²) in [4.78, 5) is 20.0. The van der Waals surface area contributed by atoms with Crippen LogP contribution in [0.1, 0.15) is 46.1 Å². The van der Waals surface area contributed by atoms with Crippen LogP contribution in [0.25, 0.3) is 5.69 Å². The van der Waals surface area contributed by atoms with E-state index in [1.54, 1.807) is 17.2 Å². The SMILES string of the molecule is O=C(c1cccc(-n2cnnc2)c1)N1CCC(c2cccc(Cc3ccccc3)n2)CC1. The molecule has 3 heterocycles. The van der Waals surface area contributed by atoms with Crippen molar-refractivity contribution in [2.75, 3.05) is 13.1 Å². The second kappa shape index (κ2) is 9.14. The van der Waals surface area contributed by atoms with Crippen molar-refractivity contribution in [1.82, 2.24) is 24.6 Å². The van der Waals surface area contributed by atoms with Crippen LogP contribution in [-0.4, -0.2) is 43.6 Å². The van der Waals surface area contributed by atoms with Gasteiger partial charge in [-0.2, -0.15) is 0 Å². The van der Waals surface area contributed by atoms with Gasteiger partial charge < -0.3 is 4.90 Å². The minimum atomic E-state index is 0.0733. The third kappa shape index (κ3) is 4.44. The smallest absolute Gasteiger partial charge is 0.253 e. The number of piperidine rings is 1. The first-order chi connectivity index (χ1) is 15.8. The summed E-state index contributed by atoms with van der Waals surface area (Å²) >= 11 is 0. The number of amides is 1. The molecule has 1 aliphatic rings. The maximum absolute atomic E-state index is 13.1. The number of likely N-dealkylation sites (tertiary alicyclic amines) is 1. The van der Waals surface area contributed by atoms with Crippen molar-refractivity contribution < 1.29 is 4.79 Å². The summed E-state index contributed by atoms with van der Waals surface area (Å²) in [5.41, 5.74) is 5.08. The van der Waals surface area contributed by atoms with Crippen LogP contribution in [0.3, 0.4) is 0 Å². The van der Waals surface area contributed by atoms with Crippen LogP contribution in [0.2, 0.25) is 0 Å². The third-order valence-corrected chi connectivity index (χ3v) is 6.07. The first kappa shape index (κ1) is 20.1. The monoisotopic (exact) mass is 423 g/mol. The molecule has 0 N–H and O–H groups in total. The van der Waals surface area contributed by atoms with Crippen LogP contribution in [0.5, 0.6) is 0 Å². The Kier molecular flexibility index (Phi) is 5.75. The van der Waals surface area contributed by atoms with Crippen LogP contribution < -0.4 is 0 Å². The van der Waals surface area contributed by atoms with Crippen molar-refractivity contribution in [1.29, 1.82) is 0 Å². The molecule has 2 aromatic heterocycles. The Labute approximate surface area is 187 Å². The maximum Gasteiger partial charge on any atom is 0.253 e. The lowest BCUT2D eigenvalue weighted by Gasteiger charge is -2.32. The van der Waals surface area contributed by atoms with Gasteiger partial charge in [0.2, 0.25) is 0 Å². The molecule has 160 valence electrons. The molecule has 6 nitrogen and oxygen atoms in total. The topological polar surface area (TPSA) is 63.9 Å². The maximum atomic E-state index is 13.1. The second-order valence-corrected chi connectivity index (χ2v) is 8.20. The molecule has 2 aromatic carbocycles. The van der Waals surface area contributed by atoms with Gasteiger partial charge in [-0.3, -0.25) is 14.3 Å². The summed E-state index contributed by atoms with van der Waals surface area (Å²) in [7, 11) is 0. The molecule has 6 heteroatoms. The molecule has 0 aliphatic carbocycles. The molecular formula is C26H25N5O. The number of carbonyl (C=O) groups is 1. The lowest BCUT2D eigenvalue weighted by Crippen LogP contribution is -2.38. The quantitative estimate of drug-likeness (QED) is 0.481. The second-order valence-electron chi connectivity index (χ2n) is 8.20.